The highest BCUT2D eigenvalue weighted by Crippen LogP contribution is 2.16. The molecule has 0 aromatic carbocycles. The van der Waals surface area contributed by atoms with Crippen LogP contribution in [0.3, 0.4) is 0 Å². The number of carbonyl (C=O) groups is 1. The standard InChI is InChI=1S/C10H15N3O2/c1-13(2)10(15-3)8-6-7(9(11)14)4-5-12-8/h4-6,10H,1-3H3,(H2,11,14). The second-order valence-corrected chi connectivity index (χ2v) is 3.39. The summed E-state index contributed by atoms with van der Waals surface area (Å²) in [6, 6.07) is 3.21. The summed E-state index contributed by atoms with van der Waals surface area (Å²) in [5.41, 5.74) is 6.28. The number of nitrogens with zero attached hydrogens (tertiary/aromatic N) is 2. The van der Waals surface area contributed by atoms with Crippen molar-refractivity contribution in [3.05, 3.63) is 29.6 Å². The van der Waals surface area contributed by atoms with Crippen LogP contribution in [0.25, 0.3) is 0 Å². The number of amides is 1. The Hall–Kier alpha value is -1.46. The molecule has 1 heterocycles. The van der Waals surface area contributed by atoms with E-state index in [0.29, 0.717) is 11.3 Å². The zero-order chi connectivity index (χ0) is 11.4. The second kappa shape index (κ2) is 4.86. The Labute approximate surface area is 88.9 Å². The molecule has 0 spiro atoms. The van der Waals surface area contributed by atoms with Crippen molar-refractivity contribution in [1.29, 1.82) is 0 Å². The van der Waals surface area contributed by atoms with Gasteiger partial charge in [-0.3, -0.25) is 14.7 Å². The summed E-state index contributed by atoms with van der Waals surface area (Å²) in [5, 5.41) is 0. The molecule has 15 heavy (non-hydrogen) atoms. The number of hydrogen-bond donors (Lipinski definition) is 1. The first-order valence-electron chi connectivity index (χ1n) is 4.51. The number of hydrogen-bond acceptors (Lipinski definition) is 4. The van der Waals surface area contributed by atoms with Gasteiger partial charge in [-0.2, -0.15) is 0 Å². The van der Waals surface area contributed by atoms with E-state index < -0.39 is 5.91 Å². The Morgan fingerprint density at radius 3 is 2.73 bits per heavy atom. The van der Waals surface area contributed by atoms with E-state index in [2.05, 4.69) is 4.98 Å². The molecule has 5 heteroatoms. The summed E-state index contributed by atoms with van der Waals surface area (Å²) >= 11 is 0. The fraction of sp³-hybridized carbons (Fsp3) is 0.400. The minimum atomic E-state index is -0.466. The van der Waals surface area contributed by atoms with Gasteiger partial charge in [0.15, 0.2) is 6.23 Å². The summed E-state index contributed by atoms with van der Waals surface area (Å²) < 4.78 is 5.24. The first-order chi connectivity index (χ1) is 7.06. The molecule has 0 saturated heterocycles. The average Bonchev–Trinajstić information content (AvgIpc) is 2.18. The van der Waals surface area contributed by atoms with Gasteiger partial charge in [-0.15, -0.1) is 0 Å². The maximum Gasteiger partial charge on any atom is 0.248 e. The molecule has 0 radical (unpaired) electrons. The molecule has 0 fully saturated rings. The van der Waals surface area contributed by atoms with E-state index in [4.69, 9.17) is 10.5 Å². The van der Waals surface area contributed by atoms with Crippen molar-refractivity contribution in [1.82, 2.24) is 9.88 Å². The van der Waals surface area contributed by atoms with Crippen LogP contribution in [0.4, 0.5) is 0 Å². The molecular weight excluding hydrogens is 194 g/mol. The number of rotatable bonds is 4. The van der Waals surface area contributed by atoms with Crippen molar-refractivity contribution < 1.29 is 9.53 Å². The average molecular weight is 209 g/mol. The summed E-state index contributed by atoms with van der Waals surface area (Å²) in [5.74, 6) is -0.466. The number of carbonyl (C=O) groups excluding carboxylic acids is 1. The smallest absolute Gasteiger partial charge is 0.248 e. The molecule has 1 atom stereocenters. The molecular formula is C10H15N3O2. The molecule has 1 aromatic rings. The Morgan fingerprint density at radius 2 is 2.27 bits per heavy atom. The highest BCUT2D eigenvalue weighted by Gasteiger charge is 2.15. The van der Waals surface area contributed by atoms with Crippen molar-refractivity contribution in [2.45, 2.75) is 6.23 Å². The first kappa shape index (κ1) is 11.6. The normalized spacial score (nSPS) is 12.8. The number of primary amides is 1. The van der Waals surface area contributed by atoms with Gasteiger partial charge in [0.1, 0.15) is 0 Å². The van der Waals surface area contributed by atoms with Gasteiger partial charge in [-0.25, -0.2) is 0 Å². The Balaban J connectivity index is 3.03. The van der Waals surface area contributed by atoms with E-state index >= 15 is 0 Å². The molecule has 1 unspecified atom stereocenters. The lowest BCUT2D eigenvalue weighted by atomic mass is 10.2. The monoisotopic (exact) mass is 209 g/mol. The van der Waals surface area contributed by atoms with E-state index in [1.807, 2.05) is 19.0 Å². The fourth-order valence-electron chi connectivity index (χ4n) is 1.33. The van der Waals surface area contributed by atoms with Crippen LogP contribution >= 0.6 is 0 Å². The van der Waals surface area contributed by atoms with E-state index in [1.54, 1.807) is 25.4 Å². The van der Waals surface area contributed by atoms with Gasteiger partial charge in [0.25, 0.3) is 0 Å². The highest BCUT2D eigenvalue weighted by molar-refractivity contribution is 5.92. The van der Waals surface area contributed by atoms with Gasteiger partial charge in [0.2, 0.25) is 5.91 Å². The van der Waals surface area contributed by atoms with Gasteiger partial charge < -0.3 is 10.5 Å². The molecule has 1 amide bonds. The molecule has 0 bridgehead atoms. The predicted octanol–water partition coefficient (Wildman–Crippen LogP) is 0.387. The minimum absolute atomic E-state index is 0.274. The van der Waals surface area contributed by atoms with Crippen LogP contribution < -0.4 is 5.73 Å². The van der Waals surface area contributed by atoms with Crippen molar-refractivity contribution >= 4 is 5.91 Å². The maximum atomic E-state index is 11.0. The number of nitrogens with two attached hydrogens (primary N) is 1. The van der Waals surface area contributed by atoms with Gasteiger partial charge in [0.05, 0.1) is 5.69 Å². The highest BCUT2D eigenvalue weighted by atomic mass is 16.5. The maximum absolute atomic E-state index is 11.0. The van der Waals surface area contributed by atoms with Crippen LogP contribution in [0.1, 0.15) is 22.3 Å². The van der Waals surface area contributed by atoms with Crippen LogP contribution in [0.5, 0.6) is 0 Å². The third-order valence-corrected chi connectivity index (χ3v) is 2.01. The Kier molecular flexibility index (Phi) is 3.76. The molecule has 2 N–H and O–H groups in total. The van der Waals surface area contributed by atoms with Crippen LogP contribution in [-0.4, -0.2) is 37.0 Å². The van der Waals surface area contributed by atoms with E-state index in [9.17, 15) is 4.79 Å². The molecule has 0 aliphatic heterocycles. The van der Waals surface area contributed by atoms with Crippen molar-refractivity contribution in [3.8, 4) is 0 Å². The van der Waals surface area contributed by atoms with Crippen molar-refractivity contribution in [2.75, 3.05) is 21.2 Å². The van der Waals surface area contributed by atoms with Gasteiger partial charge in [-0.1, -0.05) is 0 Å². The molecule has 0 aliphatic rings. The quantitative estimate of drug-likeness (QED) is 0.728. The second-order valence-electron chi connectivity index (χ2n) is 3.39. The summed E-state index contributed by atoms with van der Waals surface area (Å²) in [4.78, 5) is 17.0. The number of pyridine rings is 1. The summed E-state index contributed by atoms with van der Waals surface area (Å²) in [6.45, 7) is 0. The molecule has 1 rings (SSSR count). The van der Waals surface area contributed by atoms with Crippen molar-refractivity contribution in [2.24, 2.45) is 5.73 Å². The van der Waals surface area contributed by atoms with Crippen LogP contribution in [0, 0.1) is 0 Å². The van der Waals surface area contributed by atoms with Crippen molar-refractivity contribution in [3.63, 3.8) is 0 Å². The van der Waals surface area contributed by atoms with Gasteiger partial charge in [-0.05, 0) is 26.2 Å². The molecule has 0 aliphatic carbocycles. The molecule has 82 valence electrons. The Bertz CT molecular complexity index is 352. The fourth-order valence-corrected chi connectivity index (χ4v) is 1.33. The molecule has 5 nitrogen and oxygen atoms in total. The lowest BCUT2D eigenvalue weighted by Crippen LogP contribution is -2.23. The van der Waals surface area contributed by atoms with E-state index in [1.165, 1.54) is 0 Å². The largest absolute Gasteiger partial charge is 0.366 e. The first-order valence-corrected chi connectivity index (χ1v) is 4.51. The van der Waals surface area contributed by atoms with E-state index in [-0.39, 0.29) is 6.23 Å². The minimum Gasteiger partial charge on any atom is -0.366 e. The van der Waals surface area contributed by atoms with Crippen LogP contribution in [0.15, 0.2) is 18.3 Å². The number of ether oxygens (including phenoxy) is 1. The van der Waals surface area contributed by atoms with Crippen LogP contribution in [-0.2, 0) is 4.74 Å². The van der Waals surface area contributed by atoms with E-state index in [0.717, 1.165) is 0 Å². The number of methoxy groups -OCH3 is 1. The SMILES string of the molecule is COC(c1cc(C(N)=O)ccn1)N(C)C. The lowest BCUT2D eigenvalue weighted by Gasteiger charge is -2.22. The van der Waals surface area contributed by atoms with Gasteiger partial charge >= 0.3 is 0 Å². The van der Waals surface area contributed by atoms with Gasteiger partial charge in [0, 0.05) is 18.9 Å². The summed E-state index contributed by atoms with van der Waals surface area (Å²) in [7, 11) is 5.32. The summed E-state index contributed by atoms with van der Waals surface area (Å²) in [6.07, 6.45) is 1.27. The number of aromatic nitrogens is 1. The topological polar surface area (TPSA) is 68.5 Å². The Morgan fingerprint density at radius 1 is 1.60 bits per heavy atom. The lowest BCUT2D eigenvalue weighted by molar-refractivity contribution is -0.00858. The molecule has 0 saturated carbocycles. The molecule has 1 aromatic heterocycles. The zero-order valence-corrected chi connectivity index (χ0v) is 9.10. The zero-order valence-electron chi connectivity index (χ0n) is 9.10. The predicted molar refractivity (Wildman–Crippen MR) is 56.2 cm³/mol. The third-order valence-electron chi connectivity index (χ3n) is 2.01. The third kappa shape index (κ3) is 2.74. The van der Waals surface area contributed by atoms with Crippen LogP contribution in [0.2, 0.25) is 0 Å².